The normalized spacial score (nSPS) is 17.8. The third kappa shape index (κ3) is 32.8. The second-order valence-corrected chi connectivity index (χ2v) is 31.1. The van der Waals surface area contributed by atoms with Crippen LogP contribution < -0.4 is 98.6 Å². The smallest absolute Gasteiger partial charge is 0.303 e. The summed E-state index contributed by atoms with van der Waals surface area (Å²) in [4.78, 5) is 234. The number of rotatable bonds is 50. The van der Waals surface area contributed by atoms with E-state index in [-0.39, 0.29) is 177 Å². The summed E-state index contributed by atoms with van der Waals surface area (Å²) in [6.07, 6.45) is -1.21. The maximum absolute atomic E-state index is 15.2. The molecule has 3 aliphatic heterocycles. The third-order valence-electron chi connectivity index (χ3n) is 20.5. The molecule has 0 aliphatic carbocycles. The number of aromatic hydroxyl groups is 2. The SMILES string of the molecule is CC[C@H](C)[C@H](NC(=O)[C@H](Cc1ccc(O)cc1)NC(=O)[C@@H]1CCCN1C(=O)[C@H](CCCN=C(N)N)NC(=O)[C@H](CCCN=C(N)N)NC(=O)[C@@H]1CCCN1C(=O)[C@H](CCCCN)NC(=O)[C@H](CC(N)=O)NC(=O)[C@H](CCC(=O)O)NC(=O)[C@H](Cc1ccc(O)cc1)NC(=O)[C@H](CC(C)C)NC(=O)[C@@H]1CCC(=O)N1)C(=O)N[C@@H](CC(C)C)C(N)=O. The van der Waals surface area contributed by atoms with E-state index in [4.69, 9.17) is 40.1 Å². The number of unbranched alkanes of at least 4 members (excludes halogenated alkanes) is 1. The largest absolute Gasteiger partial charge is 0.508 e. The van der Waals surface area contributed by atoms with Crippen molar-refractivity contribution in [3.63, 3.8) is 0 Å². The number of guanidine groups is 2. The Morgan fingerprint density at radius 1 is 0.479 bits per heavy atom. The van der Waals surface area contributed by atoms with Crippen LogP contribution in [0.1, 0.15) is 175 Å². The molecule has 3 saturated heterocycles. The predicted molar refractivity (Wildman–Crippen MR) is 435 cm³/mol. The fourth-order valence-electron chi connectivity index (χ4n) is 14.0. The lowest BCUT2D eigenvalue weighted by atomic mass is 9.96. The number of hydrogen-bond donors (Lipinski definition) is 21. The standard InChI is InChI=1S/C78H122N22O19/c1-7-43(6)63(74(117)93-53(64(81)107)36-41(2)3)98-71(114)56(39-45-21-25-47(102)26-22-45)97-73(116)59-18-13-35-100(59)76(119)52(16-11-33-87-78(84)85)91-65(108)48(15-10-32-86-77(82)83)90-72(115)58-17-12-34-99(58)75(118)51(14-8-9-31-79)92-70(113)57(40-60(80)103)96-67(110)50(28-30-62(105)106)89-69(112)55(38-44-19-23-46(101)24-20-44)95-68(111)54(37-42(4)5)94-66(109)49-27-29-61(104)88-49/h19-26,41-43,48-59,63,101-102H,7-18,27-40,79H2,1-6H3,(H2,80,103)(H2,81,107)(H,88,104)(H,89,112)(H,90,115)(H,91,108)(H,92,113)(H,93,117)(H,94,109)(H,95,111)(H,96,110)(H,97,116)(H,98,114)(H,105,106)(H4,82,83,86)(H4,84,85,87)/t43-,48-,49-,50-,51-,52-,53-,54-,55-,56-,57-,58-,59-,63-/m0/s1. The predicted octanol–water partition coefficient (Wildman–Crippen LogP) is -4.41. The van der Waals surface area contributed by atoms with Gasteiger partial charge in [0.05, 0.1) is 6.42 Å². The number of amides is 15. The average Bonchev–Trinajstić information content (AvgIpc) is 1.76. The number of carbonyl (C=O) groups is 16. The number of primary amides is 2. The molecule has 0 radical (unpaired) electrons. The molecule has 3 heterocycles. The second-order valence-electron chi connectivity index (χ2n) is 31.1. The van der Waals surface area contributed by atoms with Gasteiger partial charge in [-0.2, -0.15) is 0 Å². The van der Waals surface area contributed by atoms with E-state index < -0.39 is 192 Å². The number of nitrogens with two attached hydrogens (primary N) is 7. The van der Waals surface area contributed by atoms with E-state index in [9.17, 15) is 82.4 Å². The highest BCUT2D eigenvalue weighted by atomic mass is 16.4. The average molecular weight is 1670 g/mol. The molecule has 0 bridgehead atoms. The van der Waals surface area contributed by atoms with Crippen molar-refractivity contribution in [2.45, 2.75) is 255 Å². The Morgan fingerprint density at radius 2 is 0.882 bits per heavy atom. The molecule has 3 aliphatic rings. The molecule has 2 aromatic rings. The summed E-state index contributed by atoms with van der Waals surface area (Å²) >= 11 is 0. The number of aliphatic carboxylic acids is 1. The second kappa shape index (κ2) is 48.7. The van der Waals surface area contributed by atoms with E-state index in [1.807, 2.05) is 13.8 Å². The number of nitrogens with one attached hydrogen (secondary N) is 11. The topological polar surface area (TPSA) is 679 Å². The van der Waals surface area contributed by atoms with Crippen molar-refractivity contribution in [1.82, 2.24) is 68.3 Å². The quantitative estimate of drug-likeness (QED) is 0.0169. The molecular weight excluding hydrogens is 1550 g/mol. The van der Waals surface area contributed by atoms with Crippen LogP contribution in [0.15, 0.2) is 58.5 Å². The number of benzene rings is 2. The molecule has 14 atom stereocenters. The van der Waals surface area contributed by atoms with Gasteiger partial charge in [-0.15, -0.1) is 0 Å². The lowest BCUT2D eigenvalue weighted by molar-refractivity contribution is -0.144. The van der Waals surface area contributed by atoms with Crippen molar-refractivity contribution in [3.05, 3.63) is 59.7 Å². The molecule has 28 N–H and O–H groups in total. The number of phenolic OH excluding ortho intramolecular Hbond substituents is 2. The fraction of sp³-hybridized carbons (Fsp3) is 0.615. The van der Waals surface area contributed by atoms with Crippen LogP contribution in [0.25, 0.3) is 0 Å². The molecule has 41 nitrogen and oxygen atoms in total. The summed E-state index contributed by atoms with van der Waals surface area (Å²) in [5, 5.41) is 58.9. The Hall–Kier alpha value is -11.9. The Labute approximate surface area is 690 Å². The molecule has 658 valence electrons. The van der Waals surface area contributed by atoms with Gasteiger partial charge < -0.3 is 124 Å². The minimum absolute atomic E-state index is 0.00836. The monoisotopic (exact) mass is 1670 g/mol. The number of carbonyl (C=O) groups excluding carboxylic acids is 15. The molecule has 119 heavy (non-hydrogen) atoms. The zero-order chi connectivity index (χ0) is 88.3. The van der Waals surface area contributed by atoms with Crippen molar-refractivity contribution in [1.29, 1.82) is 0 Å². The van der Waals surface area contributed by atoms with Gasteiger partial charge in [0, 0.05) is 51.9 Å². The molecule has 0 unspecified atom stereocenters. The number of phenols is 2. The van der Waals surface area contributed by atoms with Gasteiger partial charge in [0.25, 0.3) is 0 Å². The van der Waals surface area contributed by atoms with E-state index in [0.29, 0.717) is 24.0 Å². The van der Waals surface area contributed by atoms with Gasteiger partial charge in [-0.05, 0) is 156 Å². The van der Waals surface area contributed by atoms with Crippen LogP contribution in [0.5, 0.6) is 11.5 Å². The molecule has 41 heteroatoms. The van der Waals surface area contributed by atoms with Crippen molar-refractivity contribution in [2.24, 2.45) is 67.9 Å². The summed E-state index contributed by atoms with van der Waals surface area (Å²) < 4.78 is 0. The van der Waals surface area contributed by atoms with Gasteiger partial charge in [-0.3, -0.25) is 86.7 Å². The molecule has 0 spiro atoms. The van der Waals surface area contributed by atoms with Crippen molar-refractivity contribution in [3.8, 4) is 11.5 Å². The van der Waals surface area contributed by atoms with Crippen LogP contribution in [0.4, 0.5) is 0 Å². The lowest BCUT2D eigenvalue weighted by Gasteiger charge is -2.32. The van der Waals surface area contributed by atoms with Crippen LogP contribution in [-0.2, 0) is 89.6 Å². The Kier molecular flexibility index (Phi) is 39.9. The van der Waals surface area contributed by atoms with E-state index in [0.717, 1.165) is 0 Å². The zero-order valence-corrected chi connectivity index (χ0v) is 68.4. The summed E-state index contributed by atoms with van der Waals surface area (Å²) in [6, 6.07) is -6.99. The summed E-state index contributed by atoms with van der Waals surface area (Å²) in [5.74, 6) is -15.9. The first-order chi connectivity index (χ1) is 56.3. The Bertz CT molecular complexity index is 3910. The van der Waals surface area contributed by atoms with Gasteiger partial charge in [0.15, 0.2) is 11.9 Å². The minimum Gasteiger partial charge on any atom is -0.508 e. The number of carboxylic acids is 1. The molecular formula is C78H122N22O19. The highest BCUT2D eigenvalue weighted by Crippen LogP contribution is 2.25. The van der Waals surface area contributed by atoms with Gasteiger partial charge in [0.1, 0.15) is 90.0 Å². The molecule has 15 amide bonds. The third-order valence-corrected chi connectivity index (χ3v) is 20.5. The highest BCUT2D eigenvalue weighted by molar-refractivity contribution is 6.01. The molecule has 3 fully saturated rings. The number of carboxylic acid groups (broad SMARTS) is 1. The maximum atomic E-state index is 15.2. The van der Waals surface area contributed by atoms with Crippen LogP contribution in [0, 0.1) is 17.8 Å². The van der Waals surface area contributed by atoms with Gasteiger partial charge in [-0.25, -0.2) is 0 Å². The van der Waals surface area contributed by atoms with Gasteiger partial charge in [-0.1, -0.05) is 72.2 Å². The van der Waals surface area contributed by atoms with E-state index in [2.05, 4.69) is 68.5 Å². The number of hydrogen-bond acceptors (Lipinski definition) is 21. The minimum atomic E-state index is -1.93. The summed E-state index contributed by atoms with van der Waals surface area (Å²) in [7, 11) is 0. The van der Waals surface area contributed by atoms with E-state index in [1.54, 1.807) is 27.7 Å². The highest BCUT2D eigenvalue weighted by Gasteiger charge is 2.44. The van der Waals surface area contributed by atoms with Crippen LogP contribution >= 0.6 is 0 Å². The van der Waals surface area contributed by atoms with Crippen molar-refractivity contribution < 1.29 is 92.0 Å². The zero-order valence-electron chi connectivity index (χ0n) is 68.4. The Balaban J connectivity index is 1.41. The lowest BCUT2D eigenvalue weighted by Crippen LogP contribution is -2.61. The molecule has 2 aromatic carbocycles. The summed E-state index contributed by atoms with van der Waals surface area (Å²) in [5.41, 5.74) is 40.6. The number of aliphatic imine (C=N–C) groups is 2. The maximum Gasteiger partial charge on any atom is 0.303 e. The molecule has 0 saturated carbocycles. The Morgan fingerprint density at radius 3 is 1.34 bits per heavy atom. The summed E-state index contributed by atoms with van der Waals surface area (Å²) in [6.45, 7) is 10.7. The molecule has 5 rings (SSSR count). The first-order valence-electron chi connectivity index (χ1n) is 40.4. The fourth-order valence-corrected chi connectivity index (χ4v) is 14.0. The van der Waals surface area contributed by atoms with Gasteiger partial charge in [0.2, 0.25) is 88.6 Å². The van der Waals surface area contributed by atoms with Crippen LogP contribution in [-0.4, -0.2) is 243 Å². The van der Waals surface area contributed by atoms with E-state index in [1.165, 1.54) is 58.3 Å². The first-order valence-corrected chi connectivity index (χ1v) is 40.4. The van der Waals surface area contributed by atoms with Crippen LogP contribution in [0.2, 0.25) is 0 Å². The van der Waals surface area contributed by atoms with Crippen molar-refractivity contribution in [2.75, 3.05) is 32.7 Å². The number of likely N-dealkylation sites (tertiary alicyclic amines) is 2. The first kappa shape index (κ1) is 97.6. The van der Waals surface area contributed by atoms with Crippen molar-refractivity contribution >= 4 is 106 Å². The van der Waals surface area contributed by atoms with Gasteiger partial charge >= 0.3 is 5.97 Å². The van der Waals surface area contributed by atoms with E-state index >= 15 is 9.59 Å². The van der Waals surface area contributed by atoms with Crippen LogP contribution in [0.3, 0.4) is 0 Å². The number of nitrogens with zero attached hydrogens (tertiary/aromatic N) is 4. The molecule has 0 aromatic heterocycles.